The van der Waals surface area contributed by atoms with Gasteiger partial charge in [-0.25, -0.2) is 14.4 Å². The zero-order valence-electron chi connectivity index (χ0n) is 40.5. The number of carbonyl (C=O) groups is 5. The van der Waals surface area contributed by atoms with Crippen molar-refractivity contribution < 1.29 is 64.1 Å². The van der Waals surface area contributed by atoms with E-state index in [9.17, 15) is 24.0 Å². The average molecular weight is 911 g/mol. The number of benzene rings is 1. The van der Waals surface area contributed by atoms with Gasteiger partial charge in [-0.3, -0.25) is 9.59 Å². The predicted octanol–water partition coefficient (Wildman–Crippen LogP) is 12.1. The number of rotatable bonds is 36. The number of carboxylic acids is 3. The van der Waals surface area contributed by atoms with E-state index in [0.29, 0.717) is 19.4 Å². The quantitative estimate of drug-likeness (QED) is 0.0210. The van der Waals surface area contributed by atoms with E-state index in [2.05, 4.69) is 32.9 Å². The molecule has 13 heteroatoms. The van der Waals surface area contributed by atoms with Crippen molar-refractivity contribution in [1.29, 1.82) is 0 Å². The minimum absolute atomic E-state index is 0.0129. The van der Waals surface area contributed by atoms with Gasteiger partial charge in [-0.2, -0.15) is 0 Å². The van der Waals surface area contributed by atoms with E-state index >= 15 is 0 Å². The highest BCUT2D eigenvalue weighted by molar-refractivity contribution is 6.03. The van der Waals surface area contributed by atoms with Gasteiger partial charge in [-0.1, -0.05) is 155 Å². The zero-order valence-corrected chi connectivity index (χ0v) is 40.5. The van der Waals surface area contributed by atoms with Gasteiger partial charge in [0.15, 0.2) is 0 Å². The summed E-state index contributed by atoms with van der Waals surface area (Å²) in [5, 5.41) is 49.9. The van der Waals surface area contributed by atoms with Gasteiger partial charge in [-0.05, 0) is 77.0 Å². The molecule has 0 radical (unpaired) electrons. The normalized spacial score (nSPS) is 10.7. The maximum atomic E-state index is 11.4. The van der Waals surface area contributed by atoms with E-state index in [1.807, 2.05) is 13.8 Å². The Balaban J connectivity index is -0.000000834. The Morgan fingerprint density at radius 2 is 0.906 bits per heavy atom. The Kier molecular flexibility index (Phi) is 49.0. The number of unbranched alkanes of at least 4 members (excludes halogenated alkanes) is 22. The lowest BCUT2D eigenvalue weighted by Gasteiger charge is -2.07. The summed E-state index contributed by atoms with van der Waals surface area (Å²) in [6.07, 6.45) is 38.3. The average Bonchev–Trinajstić information content (AvgIpc) is 3.26. The predicted molar refractivity (Wildman–Crippen MR) is 255 cm³/mol. The maximum Gasteiger partial charge on any atom is 0.336 e. The molecular formula is C51H90O13. The van der Waals surface area contributed by atoms with Crippen LogP contribution in [0.1, 0.15) is 245 Å². The number of hydrogen-bond donors (Lipinski definition) is 6. The van der Waals surface area contributed by atoms with Crippen molar-refractivity contribution in [3.8, 4) is 0 Å². The molecule has 0 saturated carbocycles. The number of hydrogen-bond acceptors (Lipinski definition) is 10. The highest BCUT2D eigenvalue weighted by Gasteiger charge is 2.18. The second-order valence-electron chi connectivity index (χ2n) is 16.4. The second-order valence-corrected chi connectivity index (χ2v) is 16.4. The van der Waals surface area contributed by atoms with Crippen molar-refractivity contribution in [1.82, 2.24) is 0 Å². The van der Waals surface area contributed by atoms with Crippen LogP contribution in [0.3, 0.4) is 0 Å². The molecule has 0 amide bonds. The minimum Gasteiger partial charge on any atom is -0.478 e. The summed E-state index contributed by atoms with van der Waals surface area (Å²) < 4.78 is 10.3. The third-order valence-electron chi connectivity index (χ3n) is 9.90. The Hall–Kier alpha value is -3.81. The van der Waals surface area contributed by atoms with Crippen LogP contribution in [-0.2, 0) is 19.1 Å². The van der Waals surface area contributed by atoms with Crippen LogP contribution < -0.4 is 0 Å². The van der Waals surface area contributed by atoms with Gasteiger partial charge in [0.1, 0.15) is 6.10 Å². The lowest BCUT2D eigenvalue weighted by atomic mass is 10.0. The van der Waals surface area contributed by atoms with Crippen LogP contribution in [0.15, 0.2) is 30.4 Å². The summed E-state index contributed by atoms with van der Waals surface area (Å²) in [5.41, 5.74) is -1.24. The summed E-state index contributed by atoms with van der Waals surface area (Å²) >= 11 is 0. The van der Waals surface area contributed by atoms with Crippen LogP contribution in [0.2, 0.25) is 0 Å². The molecular weight excluding hydrogens is 821 g/mol. The fraction of sp³-hybridized carbons (Fsp3) is 0.745. The van der Waals surface area contributed by atoms with Crippen LogP contribution in [-0.4, -0.2) is 92.5 Å². The summed E-state index contributed by atoms with van der Waals surface area (Å²) in [7, 11) is 0. The molecule has 6 N–H and O–H groups in total. The third-order valence-corrected chi connectivity index (χ3v) is 9.90. The standard InChI is InChI=1S/C22H42O2.C17H34O2.C9H6O6.C3H8O3/c1-3-5-7-8-9-10-11-12-13-14-15-16-17-18-19-20-22(23)24-21-6-4-2;1-4-5-6-7-8-9-10-11-12-13-14-15-17(18)19-16(2)3;10-7(11)4-1-2-5(8(12)13)6(3-4)9(14)15;4-1-3(6)2-5/h12-13H,3-11,14-21H2,1-2H3;16H,4-15H2,1-3H3;1-3H,(H,10,11)(H,12,13)(H,14,15);3-6H,1-2H2/b13-12-;;;. The minimum atomic E-state index is -1.48. The fourth-order valence-corrected chi connectivity index (χ4v) is 6.10. The highest BCUT2D eigenvalue weighted by atomic mass is 16.5. The van der Waals surface area contributed by atoms with Gasteiger partial charge < -0.3 is 40.1 Å². The smallest absolute Gasteiger partial charge is 0.336 e. The molecule has 1 aromatic rings. The van der Waals surface area contributed by atoms with Gasteiger partial charge in [0, 0.05) is 12.8 Å². The van der Waals surface area contributed by atoms with Crippen LogP contribution in [0.4, 0.5) is 0 Å². The van der Waals surface area contributed by atoms with E-state index in [1.54, 1.807) is 0 Å². The molecule has 1 aromatic carbocycles. The first kappa shape index (κ1) is 64.5. The maximum absolute atomic E-state index is 11.4. The first-order valence-corrected chi connectivity index (χ1v) is 24.5. The van der Waals surface area contributed by atoms with Gasteiger partial charge in [0.25, 0.3) is 0 Å². The topological polar surface area (TPSA) is 225 Å². The molecule has 0 aliphatic rings. The van der Waals surface area contributed by atoms with E-state index in [1.165, 1.54) is 135 Å². The number of allylic oxidation sites excluding steroid dienone is 2. The largest absolute Gasteiger partial charge is 0.478 e. The zero-order chi connectivity index (χ0) is 48.6. The lowest BCUT2D eigenvalue weighted by molar-refractivity contribution is -0.147. The van der Waals surface area contributed by atoms with Gasteiger partial charge >= 0.3 is 29.8 Å². The van der Waals surface area contributed by atoms with Crippen LogP contribution in [0, 0.1) is 0 Å². The molecule has 0 fully saturated rings. The summed E-state index contributed by atoms with van der Waals surface area (Å²) in [4.78, 5) is 54.5. The molecule has 13 nitrogen and oxygen atoms in total. The van der Waals surface area contributed by atoms with Crippen molar-refractivity contribution in [2.75, 3.05) is 19.8 Å². The third kappa shape index (κ3) is 46.2. The fourth-order valence-electron chi connectivity index (χ4n) is 6.10. The van der Waals surface area contributed by atoms with Crippen molar-refractivity contribution in [3.05, 3.63) is 47.0 Å². The Morgan fingerprint density at radius 3 is 1.27 bits per heavy atom. The SMILES string of the molecule is CCCCCCCC/C=C\CCCCCCCC(=O)OCCCC.CCCCCCCCCCCCCC(=O)OC(C)C.O=C(O)c1ccc(C(=O)O)c(C(=O)O)c1.OCC(O)CO. The summed E-state index contributed by atoms with van der Waals surface area (Å²) in [5.74, 6) is -4.25. The van der Waals surface area contributed by atoms with E-state index in [0.717, 1.165) is 50.3 Å². The highest BCUT2D eigenvalue weighted by Crippen LogP contribution is 2.14. The molecule has 0 spiro atoms. The molecule has 0 heterocycles. The second kappa shape index (κ2) is 48.6. The number of aromatic carboxylic acids is 3. The molecule has 0 saturated heterocycles. The molecule has 0 aliphatic heterocycles. The van der Waals surface area contributed by atoms with E-state index in [4.69, 9.17) is 40.1 Å². The van der Waals surface area contributed by atoms with Gasteiger partial charge in [-0.15, -0.1) is 0 Å². The van der Waals surface area contributed by atoms with Crippen LogP contribution in [0.5, 0.6) is 0 Å². The first-order valence-electron chi connectivity index (χ1n) is 24.5. The summed E-state index contributed by atoms with van der Waals surface area (Å²) in [6, 6.07) is 2.81. The first-order chi connectivity index (χ1) is 30.7. The Morgan fingerprint density at radius 1 is 0.516 bits per heavy atom. The van der Waals surface area contributed by atoms with E-state index < -0.39 is 35.1 Å². The van der Waals surface area contributed by atoms with Crippen molar-refractivity contribution in [3.63, 3.8) is 0 Å². The van der Waals surface area contributed by atoms with Crippen LogP contribution >= 0.6 is 0 Å². The van der Waals surface area contributed by atoms with Gasteiger partial charge in [0.05, 0.1) is 42.6 Å². The number of esters is 2. The van der Waals surface area contributed by atoms with Gasteiger partial charge in [0.2, 0.25) is 0 Å². The van der Waals surface area contributed by atoms with Crippen molar-refractivity contribution >= 4 is 29.8 Å². The molecule has 0 unspecified atom stereocenters. The molecule has 0 aliphatic carbocycles. The lowest BCUT2D eigenvalue weighted by Crippen LogP contribution is -2.15. The molecule has 0 bridgehead atoms. The van der Waals surface area contributed by atoms with E-state index in [-0.39, 0.29) is 36.8 Å². The number of ether oxygens (including phenoxy) is 2. The molecule has 64 heavy (non-hydrogen) atoms. The van der Waals surface area contributed by atoms with Crippen LogP contribution in [0.25, 0.3) is 0 Å². The number of aliphatic hydroxyl groups excluding tert-OH is 3. The Bertz CT molecular complexity index is 1310. The monoisotopic (exact) mass is 911 g/mol. The Labute approximate surface area is 386 Å². The number of carbonyl (C=O) groups excluding carboxylic acids is 2. The van der Waals surface area contributed by atoms with Crippen molar-refractivity contribution in [2.24, 2.45) is 0 Å². The summed E-state index contributed by atoms with van der Waals surface area (Å²) in [6.45, 7) is 10.3. The molecule has 0 atom stereocenters. The molecule has 372 valence electrons. The van der Waals surface area contributed by atoms with Crippen molar-refractivity contribution in [2.45, 2.75) is 227 Å². The number of carboxylic acid groups (broad SMARTS) is 3. The molecule has 0 aromatic heterocycles. The molecule has 1 rings (SSSR count). The number of aliphatic hydroxyl groups is 3.